The van der Waals surface area contributed by atoms with Gasteiger partial charge in [0.2, 0.25) is 5.91 Å². The van der Waals surface area contributed by atoms with Gasteiger partial charge >= 0.3 is 5.97 Å². The number of nitrogen functional groups attached to an aromatic ring is 1. The molecule has 0 aromatic carbocycles. The zero-order chi connectivity index (χ0) is 15.8. The molecule has 8 heteroatoms. The number of nitrogens with one attached hydrogen (secondary N) is 1. The first kappa shape index (κ1) is 17.2. The van der Waals surface area contributed by atoms with E-state index in [1.54, 1.807) is 6.92 Å². The highest BCUT2D eigenvalue weighted by molar-refractivity contribution is 7.99. The van der Waals surface area contributed by atoms with E-state index in [4.69, 9.17) is 10.5 Å². The number of ether oxygens (including phenoxy) is 1. The van der Waals surface area contributed by atoms with Gasteiger partial charge in [0.15, 0.2) is 5.16 Å². The van der Waals surface area contributed by atoms with Crippen LogP contribution in [0.3, 0.4) is 0 Å². The molecule has 1 aromatic rings. The maximum atomic E-state index is 11.6. The van der Waals surface area contributed by atoms with E-state index in [1.165, 1.54) is 6.20 Å². The Balaban J connectivity index is 2.60. The van der Waals surface area contributed by atoms with Crippen molar-refractivity contribution in [3.8, 4) is 0 Å². The molecule has 1 heterocycles. The fourth-order valence-electron chi connectivity index (χ4n) is 1.36. The van der Waals surface area contributed by atoms with E-state index < -0.39 is 5.97 Å². The summed E-state index contributed by atoms with van der Waals surface area (Å²) in [5.74, 6) is -0.400. The van der Waals surface area contributed by atoms with Crippen LogP contribution in [0.5, 0.6) is 0 Å². The summed E-state index contributed by atoms with van der Waals surface area (Å²) in [5.41, 5.74) is 5.83. The highest BCUT2D eigenvalue weighted by Gasteiger charge is 2.14. The number of anilines is 1. The van der Waals surface area contributed by atoms with Crippen LogP contribution >= 0.6 is 11.8 Å². The van der Waals surface area contributed by atoms with Gasteiger partial charge in [-0.1, -0.05) is 18.7 Å². The third-order valence-electron chi connectivity index (χ3n) is 2.64. The molecule has 0 aliphatic rings. The van der Waals surface area contributed by atoms with Gasteiger partial charge in [-0.25, -0.2) is 14.8 Å². The molecule has 3 N–H and O–H groups in total. The van der Waals surface area contributed by atoms with E-state index in [2.05, 4.69) is 15.3 Å². The first-order valence-corrected chi connectivity index (χ1v) is 7.68. The minimum atomic E-state index is -0.555. The SMILES string of the molecule is CCOC(=O)c1cnc(SCC(=O)N[C@@H](C)CC)nc1N. The minimum Gasteiger partial charge on any atom is -0.462 e. The van der Waals surface area contributed by atoms with Crippen molar-refractivity contribution in [2.24, 2.45) is 0 Å². The number of hydrogen-bond acceptors (Lipinski definition) is 7. The fourth-order valence-corrected chi connectivity index (χ4v) is 2.00. The number of nitrogens with two attached hydrogens (primary N) is 1. The summed E-state index contributed by atoms with van der Waals surface area (Å²) >= 11 is 1.16. The van der Waals surface area contributed by atoms with Crippen molar-refractivity contribution in [1.82, 2.24) is 15.3 Å². The van der Waals surface area contributed by atoms with Crippen LogP contribution in [0.25, 0.3) is 0 Å². The van der Waals surface area contributed by atoms with Crippen molar-refractivity contribution in [2.75, 3.05) is 18.1 Å². The third kappa shape index (κ3) is 5.58. The zero-order valence-corrected chi connectivity index (χ0v) is 13.2. The van der Waals surface area contributed by atoms with E-state index in [1.807, 2.05) is 13.8 Å². The normalized spacial score (nSPS) is 11.8. The Bertz CT molecular complexity index is 510. The first-order valence-electron chi connectivity index (χ1n) is 6.69. The van der Waals surface area contributed by atoms with Gasteiger partial charge in [-0.05, 0) is 20.3 Å². The largest absolute Gasteiger partial charge is 0.462 e. The van der Waals surface area contributed by atoms with Crippen LogP contribution in [0, 0.1) is 0 Å². The summed E-state index contributed by atoms with van der Waals surface area (Å²) in [6.07, 6.45) is 2.18. The van der Waals surface area contributed by atoms with Crippen molar-refractivity contribution in [3.05, 3.63) is 11.8 Å². The van der Waals surface area contributed by atoms with Crippen LogP contribution in [0.15, 0.2) is 11.4 Å². The predicted octanol–water partition coefficient (Wildman–Crippen LogP) is 1.24. The van der Waals surface area contributed by atoms with Gasteiger partial charge in [0, 0.05) is 12.2 Å². The lowest BCUT2D eigenvalue weighted by Crippen LogP contribution is -2.33. The molecule has 21 heavy (non-hydrogen) atoms. The molecule has 1 aromatic heterocycles. The molecular formula is C13H20N4O3S. The van der Waals surface area contributed by atoms with Crippen LogP contribution in [-0.2, 0) is 9.53 Å². The monoisotopic (exact) mass is 312 g/mol. The Kier molecular flexibility index (Phi) is 6.93. The lowest BCUT2D eigenvalue weighted by Gasteiger charge is -2.10. The van der Waals surface area contributed by atoms with Gasteiger partial charge in [-0.2, -0.15) is 0 Å². The van der Waals surface area contributed by atoms with E-state index >= 15 is 0 Å². The number of esters is 1. The topological polar surface area (TPSA) is 107 Å². The summed E-state index contributed by atoms with van der Waals surface area (Å²) < 4.78 is 4.83. The Morgan fingerprint density at radius 2 is 2.19 bits per heavy atom. The summed E-state index contributed by atoms with van der Waals surface area (Å²) in [5, 5.41) is 3.19. The second kappa shape index (κ2) is 8.46. The Hall–Kier alpha value is -1.83. The quantitative estimate of drug-likeness (QED) is 0.443. The number of carbonyl (C=O) groups is 2. The number of nitrogens with zero attached hydrogens (tertiary/aromatic N) is 2. The molecule has 0 saturated carbocycles. The van der Waals surface area contributed by atoms with Gasteiger partial charge in [0.1, 0.15) is 11.4 Å². The molecular weight excluding hydrogens is 292 g/mol. The lowest BCUT2D eigenvalue weighted by atomic mass is 10.3. The van der Waals surface area contributed by atoms with Gasteiger partial charge in [-0.15, -0.1) is 0 Å². The lowest BCUT2D eigenvalue weighted by molar-refractivity contribution is -0.119. The summed E-state index contributed by atoms with van der Waals surface area (Å²) in [7, 11) is 0. The molecule has 0 fully saturated rings. The number of rotatable bonds is 7. The van der Waals surface area contributed by atoms with Crippen molar-refractivity contribution in [2.45, 2.75) is 38.4 Å². The smallest absolute Gasteiger partial charge is 0.343 e. The molecule has 0 unspecified atom stereocenters. The molecule has 0 bridgehead atoms. The minimum absolute atomic E-state index is 0.0493. The highest BCUT2D eigenvalue weighted by atomic mass is 32.2. The maximum Gasteiger partial charge on any atom is 0.343 e. The van der Waals surface area contributed by atoms with Crippen molar-refractivity contribution in [1.29, 1.82) is 0 Å². The molecule has 0 aliphatic carbocycles. The van der Waals surface area contributed by atoms with E-state index in [9.17, 15) is 9.59 Å². The maximum absolute atomic E-state index is 11.6. The standard InChI is InChI=1S/C13H20N4O3S/c1-4-8(3)16-10(18)7-21-13-15-6-9(11(14)17-13)12(19)20-5-2/h6,8H,4-5,7H2,1-3H3,(H,16,18)(H2,14,15,17)/t8-/m0/s1. The van der Waals surface area contributed by atoms with E-state index in [0.717, 1.165) is 18.2 Å². The Labute approximate surface area is 128 Å². The second-order valence-electron chi connectivity index (χ2n) is 4.34. The molecule has 0 spiro atoms. The molecule has 0 saturated heterocycles. The van der Waals surface area contributed by atoms with Gasteiger partial charge in [-0.3, -0.25) is 4.79 Å². The molecule has 1 amide bonds. The summed E-state index contributed by atoms with van der Waals surface area (Å²) in [6.45, 7) is 5.89. The summed E-state index contributed by atoms with van der Waals surface area (Å²) in [4.78, 5) is 31.2. The fraction of sp³-hybridized carbons (Fsp3) is 0.538. The number of carbonyl (C=O) groups excluding carboxylic acids is 2. The number of aromatic nitrogens is 2. The van der Waals surface area contributed by atoms with E-state index in [-0.39, 0.29) is 35.7 Å². The Morgan fingerprint density at radius 3 is 2.76 bits per heavy atom. The third-order valence-corrected chi connectivity index (χ3v) is 3.51. The van der Waals surface area contributed by atoms with Gasteiger partial charge in [0.05, 0.1) is 12.4 Å². The van der Waals surface area contributed by atoms with Crippen LogP contribution in [-0.4, -0.2) is 40.2 Å². The van der Waals surface area contributed by atoms with Gasteiger partial charge < -0.3 is 15.8 Å². The highest BCUT2D eigenvalue weighted by Crippen LogP contribution is 2.16. The van der Waals surface area contributed by atoms with Crippen LogP contribution in [0.1, 0.15) is 37.6 Å². The van der Waals surface area contributed by atoms with Crippen LogP contribution in [0.2, 0.25) is 0 Å². The molecule has 116 valence electrons. The average molecular weight is 312 g/mol. The van der Waals surface area contributed by atoms with Crippen molar-refractivity contribution < 1.29 is 14.3 Å². The summed E-state index contributed by atoms with van der Waals surface area (Å²) in [6, 6.07) is 0.135. The Morgan fingerprint density at radius 1 is 1.48 bits per heavy atom. The number of hydrogen-bond donors (Lipinski definition) is 2. The van der Waals surface area contributed by atoms with Gasteiger partial charge in [0.25, 0.3) is 0 Å². The molecule has 7 nitrogen and oxygen atoms in total. The predicted molar refractivity (Wildman–Crippen MR) is 81.0 cm³/mol. The van der Waals surface area contributed by atoms with E-state index in [0.29, 0.717) is 5.16 Å². The number of thioether (sulfide) groups is 1. The number of amides is 1. The van der Waals surface area contributed by atoms with Crippen LogP contribution in [0.4, 0.5) is 5.82 Å². The van der Waals surface area contributed by atoms with Crippen molar-refractivity contribution >= 4 is 29.5 Å². The molecule has 1 rings (SSSR count). The molecule has 0 aliphatic heterocycles. The van der Waals surface area contributed by atoms with Crippen molar-refractivity contribution in [3.63, 3.8) is 0 Å². The zero-order valence-electron chi connectivity index (χ0n) is 12.4. The first-order chi connectivity index (χ1) is 9.97. The average Bonchev–Trinajstić information content (AvgIpc) is 2.45. The second-order valence-corrected chi connectivity index (χ2v) is 5.28. The van der Waals surface area contributed by atoms with Crippen LogP contribution < -0.4 is 11.1 Å². The molecule has 0 radical (unpaired) electrons. The molecule has 1 atom stereocenters.